The van der Waals surface area contributed by atoms with Gasteiger partial charge in [0.15, 0.2) is 0 Å². The van der Waals surface area contributed by atoms with Crippen LogP contribution >= 0.6 is 0 Å². The molecule has 1 rings (SSSR count). The van der Waals surface area contributed by atoms with Gasteiger partial charge < -0.3 is 5.73 Å². The molecule has 1 aromatic heterocycles. The zero-order valence-electron chi connectivity index (χ0n) is 6.27. The molecular weight excluding hydrogens is 156 g/mol. The third-order valence-electron chi connectivity index (χ3n) is 1.07. The van der Waals surface area contributed by atoms with Crippen molar-refractivity contribution in [2.45, 2.75) is 0 Å². The van der Waals surface area contributed by atoms with Crippen LogP contribution in [0.2, 0.25) is 0 Å². The number of hydrogen-bond donors (Lipinski definition) is 2. The van der Waals surface area contributed by atoms with E-state index in [0.29, 0.717) is 0 Å². The van der Waals surface area contributed by atoms with Crippen molar-refractivity contribution in [3.05, 3.63) is 30.1 Å². The van der Waals surface area contributed by atoms with Gasteiger partial charge in [0.2, 0.25) is 0 Å². The van der Waals surface area contributed by atoms with E-state index in [9.17, 15) is 4.79 Å². The van der Waals surface area contributed by atoms with Crippen molar-refractivity contribution in [1.29, 1.82) is 0 Å². The van der Waals surface area contributed by atoms with E-state index < -0.39 is 6.03 Å². The summed E-state index contributed by atoms with van der Waals surface area (Å²) in [5, 5.41) is 3.55. The lowest BCUT2D eigenvalue weighted by Gasteiger charge is -1.90. The van der Waals surface area contributed by atoms with Crippen LogP contribution in [0.5, 0.6) is 0 Å². The Kier molecular flexibility index (Phi) is 2.78. The Morgan fingerprint density at radius 2 is 2.58 bits per heavy atom. The summed E-state index contributed by atoms with van der Waals surface area (Å²) in [6, 6.07) is 2.89. The normalized spacial score (nSPS) is 10.0. The summed E-state index contributed by atoms with van der Waals surface area (Å²) >= 11 is 0. The number of aromatic nitrogens is 1. The standard InChI is InChI=1S/C7H8N4O/c8-7(12)11-10-5-6-2-1-3-9-4-6/h1-5H,(H3,8,11,12)/b10-5+. The number of urea groups is 1. The molecule has 2 amide bonds. The van der Waals surface area contributed by atoms with Gasteiger partial charge in [0.1, 0.15) is 0 Å². The van der Waals surface area contributed by atoms with E-state index in [2.05, 4.69) is 15.5 Å². The molecule has 1 aromatic rings. The van der Waals surface area contributed by atoms with Crippen LogP contribution in [0, 0.1) is 0 Å². The Bertz CT molecular complexity index is 283. The second kappa shape index (κ2) is 4.07. The van der Waals surface area contributed by atoms with Gasteiger partial charge in [-0.2, -0.15) is 5.10 Å². The number of nitrogens with one attached hydrogen (secondary N) is 1. The highest BCUT2D eigenvalue weighted by atomic mass is 16.2. The zero-order valence-corrected chi connectivity index (χ0v) is 6.27. The van der Waals surface area contributed by atoms with Crippen LogP contribution in [0.3, 0.4) is 0 Å². The lowest BCUT2D eigenvalue weighted by atomic mass is 10.3. The minimum atomic E-state index is -0.685. The van der Waals surface area contributed by atoms with Crippen molar-refractivity contribution in [2.24, 2.45) is 10.8 Å². The van der Waals surface area contributed by atoms with Gasteiger partial charge in [-0.05, 0) is 6.07 Å². The molecule has 0 spiro atoms. The van der Waals surface area contributed by atoms with Gasteiger partial charge in [-0.25, -0.2) is 10.2 Å². The molecule has 0 radical (unpaired) electrons. The van der Waals surface area contributed by atoms with Crippen LogP contribution in [-0.2, 0) is 0 Å². The number of pyridine rings is 1. The molecule has 62 valence electrons. The number of nitrogens with zero attached hydrogens (tertiary/aromatic N) is 2. The molecule has 0 unspecified atom stereocenters. The van der Waals surface area contributed by atoms with Gasteiger partial charge in [0, 0.05) is 18.0 Å². The number of rotatable bonds is 2. The second-order valence-corrected chi connectivity index (χ2v) is 2.02. The topological polar surface area (TPSA) is 80.4 Å². The first-order valence-corrected chi connectivity index (χ1v) is 3.27. The molecule has 0 aliphatic rings. The van der Waals surface area contributed by atoms with Crippen LogP contribution < -0.4 is 11.2 Å². The fourth-order valence-electron chi connectivity index (χ4n) is 0.623. The largest absolute Gasteiger partial charge is 0.350 e. The van der Waals surface area contributed by atoms with Gasteiger partial charge in [0.05, 0.1) is 6.21 Å². The molecule has 1 heterocycles. The quantitative estimate of drug-likeness (QED) is 0.479. The lowest BCUT2D eigenvalue weighted by molar-refractivity contribution is 0.249. The highest BCUT2D eigenvalue weighted by Gasteiger charge is 1.85. The lowest BCUT2D eigenvalue weighted by Crippen LogP contribution is -2.24. The summed E-state index contributed by atoms with van der Waals surface area (Å²) < 4.78 is 0. The maximum Gasteiger partial charge on any atom is 0.332 e. The van der Waals surface area contributed by atoms with E-state index in [4.69, 9.17) is 5.73 Å². The first-order valence-electron chi connectivity index (χ1n) is 3.27. The van der Waals surface area contributed by atoms with E-state index in [1.54, 1.807) is 24.5 Å². The van der Waals surface area contributed by atoms with Crippen molar-refractivity contribution in [2.75, 3.05) is 0 Å². The maximum absolute atomic E-state index is 10.2. The summed E-state index contributed by atoms with van der Waals surface area (Å²) in [4.78, 5) is 14.0. The molecule has 0 fully saturated rings. The molecule has 12 heavy (non-hydrogen) atoms. The van der Waals surface area contributed by atoms with Crippen molar-refractivity contribution in [3.8, 4) is 0 Å². The van der Waals surface area contributed by atoms with Gasteiger partial charge in [-0.1, -0.05) is 6.07 Å². The van der Waals surface area contributed by atoms with Crippen molar-refractivity contribution < 1.29 is 4.79 Å². The first-order chi connectivity index (χ1) is 5.79. The van der Waals surface area contributed by atoms with Crippen molar-refractivity contribution >= 4 is 12.2 Å². The monoisotopic (exact) mass is 164 g/mol. The summed E-state index contributed by atoms with van der Waals surface area (Å²) in [5.74, 6) is 0. The average molecular weight is 164 g/mol. The predicted octanol–water partition coefficient (Wildman–Crippen LogP) is 0.0838. The summed E-state index contributed by atoms with van der Waals surface area (Å²) in [5.41, 5.74) is 7.65. The molecule has 3 N–H and O–H groups in total. The fraction of sp³-hybridized carbons (Fsp3) is 0. The summed E-state index contributed by atoms with van der Waals surface area (Å²) in [6.07, 6.45) is 4.72. The van der Waals surface area contributed by atoms with Gasteiger partial charge in [0.25, 0.3) is 0 Å². The van der Waals surface area contributed by atoms with E-state index in [1.807, 2.05) is 0 Å². The minimum absolute atomic E-state index is 0.685. The number of hydrogen-bond acceptors (Lipinski definition) is 3. The van der Waals surface area contributed by atoms with Gasteiger partial charge in [-0.3, -0.25) is 4.98 Å². The zero-order chi connectivity index (χ0) is 8.81. The first kappa shape index (κ1) is 8.19. The van der Waals surface area contributed by atoms with Crippen LogP contribution in [0.1, 0.15) is 5.56 Å². The highest BCUT2D eigenvalue weighted by Crippen LogP contribution is 1.89. The third-order valence-corrected chi connectivity index (χ3v) is 1.07. The minimum Gasteiger partial charge on any atom is -0.350 e. The Morgan fingerprint density at radius 1 is 1.75 bits per heavy atom. The number of amides is 2. The number of carbonyl (C=O) groups is 1. The smallest absolute Gasteiger partial charge is 0.332 e. The maximum atomic E-state index is 10.2. The molecule has 0 aliphatic carbocycles. The Hall–Kier alpha value is -1.91. The van der Waals surface area contributed by atoms with Crippen molar-refractivity contribution in [1.82, 2.24) is 10.4 Å². The predicted molar refractivity (Wildman–Crippen MR) is 44.6 cm³/mol. The summed E-state index contributed by atoms with van der Waals surface area (Å²) in [7, 11) is 0. The van der Waals surface area contributed by atoms with Crippen LogP contribution in [0.4, 0.5) is 4.79 Å². The van der Waals surface area contributed by atoms with Gasteiger partial charge >= 0.3 is 6.03 Å². The van der Waals surface area contributed by atoms with Crippen LogP contribution in [0.25, 0.3) is 0 Å². The second-order valence-electron chi connectivity index (χ2n) is 2.02. The average Bonchev–Trinajstić information content (AvgIpc) is 2.05. The van der Waals surface area contributed by atoms with E-state index in [1.165, 1.54) is 6.21 Å². The number of carbonyl (C=O) groups excluding carboxylic acids is 1. The summed E-state index contributed by atoms with van der Waals surface area (Å²) in [6.45, 7) is 0. The van der Waals surface area contributed by atoms with Crippen LogP contribution in [0.15, 0.2) is 29.6 Å². The molecule has 0 saturated carbocycles. The Balaban J connectivity index is 2.52. The molecule has 0 aromatic carbocycles. The molecule has 0 saturated heterocycles. The Morgan fingerprint density at radius 3 is 3.17 bits per heavy atom. The molecule has 5 nitrogen and oxygen atoms in total. The number of primary amides is 1. The molecular formula is C7H8N4O. The number of hydrazone groups is 1. The van der Waals surface area contributed by atoms with Crippen molar-refractivity contribution in [3.63, 3.8) is 0 Å². The molecule has 0 atom stereocenters. The van der Waals surface area contributed by atoms with E-state index in [-0.39, 0.29) is 0 Å². The highest BCUT2D eigenvalue weighted by molar-refractivity contribution is 5.80. The van der Waals surface area contributed by atoms with E-state index in [0.717, 1.165) is 5.56 Å². The van der Waals surface area contributed by atoms with E-state index >= 15 is 0 Å². The van der Waals surface area contributed by atoms with Crippen LogP contribution in [-0.4, -0.2) is 17.2 Å². The fourth-order valence-corrected chi connectivity index (χ4v) is 0.623. The van der Waals surface area contributed by atoms with Gasteiger partial charge in [-0.15, -0.1) is 0 Å². The SMILES string of the molecule is NC(=O)N/N=C/c1cccnc1. The number of nitrogens with two attached hydrogens (primary N) is 1. The third kappa shape index (κ3) is 2.78. The molecule has 5 heteroatoms. The molecule has 0 bridgehead atoms. The molecule has 0 aliphatic heterocycles. The Labute approximate surface area is 69.3 Å².